The Hall–Kier alpha value is -2.11. The van der Waals surface area contributed by atoms with Gasteiger partial charge in [0, 0.05) is 11.9 Å². The number of hydrogen-bond acceptors (Lipinski definition) is 3. The molecule has 0 aliphatic carbocycles. The van der Waals surface area contributed by atoms with Crippen molar-refractivity contribution >= 4 is 11.4 Å². The molecule has 0 spiro atoms. The molecule has 0 fully saturated rings. The molecule has 1 heterocycles. The average molecular weight is 224 g/mol. The van der Waals surface area contributed by atoms with Crippen molar-refractivity contribution in [2.45, 2.75) is 6.54 Å². The molecule has 0 atom stereocenters. The topological polar surface area (TPSA) is 66.7 Å². The first kappa shape index (κ1) is 10.4. The summed E-state index contributed by atoms with van der Waals surface area (Å²) in [5.74, 6) is -1.42. The van der Waals surface area contributed by atoms with Crippen molar-refractivity contribution in [3.63, 3.8) is 0 Å². The molecule has 16 heavy (non-hydrogen) atoms. The Morgan fingerprint density at radius 3 is 2.56 bits per heavy atom. The Bertz CT molecular complexity index is 459. The number of hydrogen-bond donors (Lipinski definition) is 3. The number of rotatable bonds is 3. The Morgan fingerprint density at radius 2 is 2.00 bits per heavy atom. The zero-order valence-electron chi connectivity index (χ0n) is 8.30. The van der Waals surface area contributed by atoms with Crippen molar-refractivity contribution in [1.29, 1.82) is 0 Å². The zero-order valence-corrected chi connectivity index (χ0v) is 8.30. The van der Waals surface area contributed by atoms with E-state index in [0.717, 1.165) is 17.8 Å². The highest BCUT2D eigenvalue weighted by molar-refractivity contribution is 5.54. The number of nitrogen functional groups attached to an aromatic ring is 1. The van der Waals surface area contributed by atoms with Gasteiger partial charge >= 0.3 is 0 Å². The summed E-state index contributed by atoms with van der Waals surface area (Å²) in [6.07, 6.45) is 3.06. The maximum atomic E-state index is 13.3. The third kappa shape index (κ3) is 2.10. The highest BCUT2D eigenvalue weighted by Gasteiger charge is 2.09. The van der Waals surface area contributed by atoms with E-state index >= 15 is 0 Å². The molecule has 0 saturated heterocycles. The molecule has 4 nitrogen and oxygen atoms in total. The Kier molecular flexibility index (Phi) is 2.72. The number of halogens is 2. The largest absolute Gasteiger partial charge is 0.399 e. The molecule has 2 rings (SSSR count). The molecule has 6 heteroatoms. The van der Waals surface area contributed by atoms with Crippen LogP contribution in [0.4, 0.5) is 20.2 Å². The molecule has 0 bridgehead atoms. The van der Waals surface area contributed by atoms with E-state index in [1.165, 1.54) is 6.33 Å². The molecular formula is C10H10F2N4. The first-order valence-corrected chi connectivity index (χ1v) is 4.62. The van der Waals surface area contributed by atoms with Crippen LogP contribution >= 0.6 is 0 Å². The van der Waals surface area contributed by atoms with Crippen LogP contribution in [0.2, 0.25) is 0 Å². The maximum absolute atomic E-state index is 13.3. The minimum Gasteiger partial charge on any atom is -0.399 e. The summed E-state index contributed by atoms with van der Waals surface area (Å²) in [5.41, 5.74) is 5.89. The molecule has 2 aromatic rings. The molecule has 84 valence electrons. The second-order valence-corrected chi connectivity index (χ2v) is 3.29. The molecule has 0 aliphatic rings. The zero-order chi connectivity index (χ0) is 11.5. The van der Waals surface area contributed by atoms with E-state index in [-0.39, 0.29) is 17.9 Å². The summed E-state index contributed by atoms with van der Waals surface area (Å²) in [4.78, 5) is 6.60. The third-order valence-corrected chi connectivity index (χ3v) is 2.07. The average Bonchev–Trinajstić information content (AvgIpc) is 2.68. The van der Waals surface area contributed by atoms with Crippen LogP contribution < -0.4 is 11.1 Å². The fourth-order valence-corrected chi connectivity index (χ4v) is 1.33. The lowest BCUT2D eigenvalue weighted by Gasteiger charge is -2.08. The van der Waals surface area contributed by atoms with Crippen molar-refractivity contribution in [1.82, 2.24) is 9.97 Å². The molecule has 0 amide bonds. The van der Waals surface area contributed by atoms with Gasteiger partial charge in [-0.25, -0.2) is 13.8 Å². The van der Waals surface area contributed by atoms with Gasteiger partial charge in [0.1, 0.15) is 5.69 Å². The fraction of sp³-hybridized carbons (Fsp3) is 0.100. The fourth-order valence-electron chi connectivity index (χ4n) is 1.33. The first-order valence-electron chi connectivity index (χ1n) is 4.62. The Labute approximate surface area is 90.5 Å². The van der Waals surface area contributed by atoms with Crippen molar-refractivity contribution in [3.8, 4) is 0 Å². The third-order valence-electron chi connectivity index (χ3n) is 2.07. The van der Waals surface area contributed by atoms with E-state index in [1.807, 2.05) is 0 Å². The molecule has 1 aromatic carbocycles. The summed E-state index contributed by atoms with van der Waals surface area (Å²) in [6, 6.07) is 2.14. The Balaban J connectivity index is 2.15. The minimum atomic E-state index is -0.711. The van der Waals surface area contributed by atoms with Gasteiger partial charge in [-0.2, -0.15) is 0 Å². The number of nitrogens with one attached hydrogen (secondary N) is 2. The van der Waals surface area contributed by atoms with Crippen LogP contribution in [0, 0.1) is 11.6 Å². The quantitative estimate of drug-likeness (QED) is 0.697. The number of aromatic nitrogens is 2. The number of aromatic amines is 1. The summed E-state index contributed by atoms with van der Waals surface area (Å²) in [5, 5.41) is 2.63. The van der Waals surface area contributed by atoms with Crippen LogP contribution in [-0.2, 0) is 6.54 Å². The molecule has 0 saturated carbocycles. The maximum Gasteiger partial charge on any atom is 0.151 e. The van der Waals surface area contributed by atoms with Gasteiger partial charge < -0.3 is 16.0 Å². The van der Waals surface area contributed by atoms with E-state index in [4.69, 9.17) is 5.73 Å². The molecule has 0 radical (unpaired) electrons. The van der Waals surface area contributed by atoms with Crippen LogP contribution in [-0.4, -0.2) is 9.97 Å². The number of benzene rings is 1. The number of nitrogens with two attached hydrogens (primary N) is 1. The summed E-state index contributed by atoms with van der Waals surface area (Å²) >= 11 is 0. The predicted octanol–water partition coefficient (Wildman–Crippen LogP) is 1.88. The summed E-state index contributed by atoms with van der Waals surface area (Å²) < 4.78 is 26.7. The predicted molar refractivity (Wildman–Crippen MR) is 56.7 cm³/mol. The number of nitrogens with zero attached hydrogens (tertiary/aromatic N) is 1. The van der Waals surface area contributed by atoms with Crippen LogP contribution in [0.25, 0.3) is 0 Å². The number of H-pyrrole nitrogens is 1. The monoisotopic (exact) mass is 224 g/mol. The van der Waals surface area contributed by atoms with E-state index in [0.29, 0.717) is 0 Å². The lowest BCUT2D eigenvalue weighted by atomic mass is 10.2. The van der Waals surface area contributed by atoms with Gasteiger partial charge in [0.05, 0.1) is 18.6 Å². The summed E-state index contributed by atoms with van der Waals surface area (Å²) in [6.45, 7) is 0.262. The van der Waals surface area contributed by atoms with Crippen molar-refractivity contribution in [2.75, 3.05) is 11.1 Å². The van der Waals surface area contributed by atoms with Crippen LogP contribution in [0.3, 0.4) is 0 Å². The standard InChI is InChI=1S/C10H10F2N4/c11-8-1-6(13)2-9(12)10(8)15-4-7-3-14-5-16-7/h1-3,5,15H,4,13H2,(H,14,16). The lowest BCUT2D eigenvalue weighted by molar-refractivity contribution is 0.589. The second kappa shape index (κ2) is 4.18. The molecule has 4 N–H and O–H groups in total. The molecule has 1 aromatic heterocycles. The van der Waals surface area contributed by atoms with Crippen LogP contribution in [0.5, 0.6) is 0 Å². The van der Waals surface area contributed by atoms with Crippen molar-refractivity contribution < 1.29 is 8.78 Å². The number of imidazole rings is 1. The Morgan fingerprint density at radius 1 is 1.31 bits per heavy atom. The first-order chi connectivity index (χ1) is 7.66. The van der Waals surface area contributed by atoms with Crippen LogP contribution in [0.15, 0.2) is 24.7 Å². The van der Waals surface area contributed by atoms with Gasteiger partial charge in [0.15, 0.2) is 11.6 Å². The van der Waals surface area contributed by atoms with Crippen LogP contribution in [0.1, 0.15) is 5.69 Å². The second-order valence-electron chi connectivity index (χ2n) is 3.29. The molecular weight excluding hydrogens is 214 g/mol. The van der Waals surface area contributed by atoms with Gasteiger partial charge in [0.25, 0.3) is 0 Å². The smallest absolute Gasteiger partial charge is 0.151 e. The highest BCUT2D eigenvalue weighted by Crippen LogP contribution is 2.22. The van der Waals surface area contributed by atoms with E-state index in [9.17, 15) is 8.78 Å². The number of anilines is 2. The van der Waals surface area contributed by atoms with Gasteiger partial charge in [-0.15, -0.1) is 0 Å². The van der Waals surface area contributed by atoms with Gasteiger partial charge in [-0.3, -0.25) is 0 Å². The van der Waals surface area contributed by atoms with Gasteiger partial charge in [-0.05, 0) is 12.1 Å². The van der Waals surface area contributed by atoms with Crippen molar-refractivity contribution in [3.05, 3.63) is 42.0 Å². The lowest BCUT2D eigenvalue weighted by Crippen LogP contribution is -2.05. The van der Waals surface area contributed by atoms with E-state index in [1.54, 1.807) is 6.20 Å². The summed E-state index contributed by atoms with van der Waals surface area (Å²) in [7, 11) is 0. The highest BCUT2D eigenvalue weighted by atomic mass is 19.1. The normalized spacial score (nSPS) is 10.4. The molecule has 0 unspecified atom stereocenters. The van der Waals surface area contributed by atoms with E-state index in [2.05, 4.69) is 15.3 Å². The minimum absolute atomic E-state index is 0.0575. The SMILES string of the molecule is Nc1cc(F)c(NCc2cnc[nH]2)c(F)c1. The van der Waals surface area contributed by atoms with Gasteiger partial charge in [-0.1, -0.05) is 0 Å². The van der Waals surface area contributed by atoms with Gasteiger partial charge in [0.2, 0.25) is 0 Å². The van der Waals surface area contributed by atoms with Crippen molar-refractivity contribution in [2.24, 2.45) is 0 Å². The van der Waals surface area contributed by atoms with E-state index < -0.39 is 11.6 Å². The molecule has 0 aliphatic heterocycles.